The van der Waals surface area contributed by atoms with E-state index in [9.17, 15) is 8.42 Å². The van der Waals surface area contributed by atoms with Crippen LogP contribution in [0, 0.1) is 0 Å². The third-order valence-electron chi connectivity index (χ3n) is 3.32. The largest absolute Gasteiger partial charge is 0.312 e. The number of hydrogen-bond acceptors (Lipinski definition) is 3. The van der Waals surface area contributed by atoms with E-state index in [0.29, 0.717) is 5.69 Å². The average Bonchev–Trinajstić information content (AvgIpc) is 3.12. The lowest BCUT2D eigenvalue weighted by Gasteiger charge is -2.18. The normalized spacial score (nSPS) is 19.8. The molecule has 1 aromatic carbocycles. The van der Waals surface area contributed by atoms with Crippen LogP contribution in [-0.2, 0) is 23.0 Å². The lowest BCUT2D eigenvalue weighted by molar-refractivity contribution is 0.600. The van der Waals surface area contributed by atoms with Gasteiger partial charge in [0, 0.05) is 12.2 Å². The highest BCUT2D eigenvalue weighted by Crippen LogP contribution is 2.30. The van der Waals surface area contributed by atoms with E-state index in [2.05, 4.69) is 10.0 Å². The summed E-state index contributed by atoms with van der Waals surface area (Å²) in [5, 5.41) is 3.12. The Hall–Kier alpha value is -1.07. The predicted octanol–water partition coefficient (Wildman–Crippen LogP) is 1.24. The monoisotopic (exact) mass is 252 g/mol. The highest BCUT2D eigenvalue weighted by atomic mass is 32.2. The Labute approximate surface area is 101 Å². The van der Waals surface area contributed by atoms with Gasteiger partial charge in [-0.2, -0.15) is 0 Å². The van der Waals surface area contributed by atoms with Gasteiger partial charge in [-0.25, -0.2) is 8.42 Å². The zero-order chi connectivity index (χ0) is 11.9. The van der Waals surface area contributed by atoms with Gasteiger partial charge in [0.25, 0.3) is 0 Å². The van der Waals surface area contributed by atoms with Crippen molar-refractivity contribution in [2.24, 2.45) is 0 Å². The molecule has 3 rings (SSSR count). The van der Waals surface area contributed by atoms with Gasteiger partial charge in [-0.1, -0.05) is 6.07 Å². The van der Waals surface area contributed by atoms with Crippen molar-refractivity contribution >= 4 is 15.7 Å². The number of rotatable bonds is 3. The van der Waals surface area contributed by atoms with Crippen LogP contribution < -0.4 is 10.0 Å². The van der Waals surface area contributed by atoms with Crippen LogP contribution in [0.25, 0.3) is 0 Å². The molecule has 17 heavy (non-hydrogen) atoms. The van der Waals surface area contributed by atoms with Gasteiger partial charge >= 0.3 is 0 Å². The second-order valence-electron chi connectivity index (χ2n) is 4.76. The van der Waals surface area contributed by atoms with Gasteiger partial charge in [0.1, 0.15) is 0 Å². The van der Waals surface area contributed by atoms with Crippen molar-refractivity contribution in [3.8, 4) is 0 Å². The van der Waals surface area contributed by atoms with Crippen molar-refractivity contribution in [3.63, 3.8) is 0 Å². The Morgan fingerprint density at radius 3 is 2.82 bits per heavy atom. The number of nitrogens with one attached hydrogen (secondary N) is 2. The molecule has 0 amide bonds. The summed E-state index contributed by atoms with van der Waals surface area (Å²) in [7, 11) is -3.14. The van der Waals surface area contributed by atoms with Gasteiger partial charge < -0.3 is 5.32 Å². The van der Waals surface area contributed by atoms with Gasteiger partial charge in [0.2, 0.25) is 10.0 Å². The summed E-state index contributed by atoms with van der Waals surface area (Å²) in [6.07, 6.45) is 2.61. The topological polar surface area (TPSA) is 58.2 Å². The Bertz CT molecular complexity index is 535. The molecule has 92 valence electrons. The first kappa shape index (κ1) is 11.0. The highest BCUT2D eigenvalue weighted by molar-refractivity contribution is 7.93. The maximum atomic E-state index is 11.8. The molecule has 1 saturated carbocycles. The van der Waals surface area contributed by atoms with Gasteiger partial charge in [0.15, 0.2) is 0 Å². The quantitative estimate of drug-likeness (QED) is 0.851. The average molecular weight is 252 g/mol. The number of anilines is 1. The Morgan fingerprint density at radius 2 is 2.06 bits per heavy atom. The van der Waals surface area contributed by atoms with E-state index in [0.717, 1.165) is 32.4 Å². The summed E-state index contributed by atoms with van der Waals surface area (Å²) < 4.78 is 26.3. The zero-order valence-electron chi connectivity index (χ0n) is 9.57. The molecule has 1 fully saturated rings. The number of benzene rings is 1. The van der Waals surface area contributed by atoms with E-state index in [1.807, 2.05) is 18.2 Å². The second kappa shape index (κ2) is 3.99. The molecule has 0 saturated heterocycles. The number of hydrogen-bond donors (Lipinski definition) is 2. The molecule has 5 heteroatoms. The van der Waals surface area contributed by atoms with Crippen LogP contribution >= 0.6 is 0 Å². The van der Waals surface area contributed by atoms with E-state index < -0.39 is 10.0 Å². The van der Waals surface area contributed by atoms with E-state index in [4.69, 9.17) is 0 Å². The van der Waals surface area contributed by atoms with E-state index in [1.165, 1.54) is 11.1 Å². The minimum absolute atomic E-state index is 0.170. The maximum absolute atomic E-state index is 11.8. The van der Waals surface area contributed by atoms with Gasteiger partial charge in [-0.15, -0.1) is 0 Å². The minimum Gasteiger partial charge on any atom is -0.312 e. The summed E-state index contributed by atoms with van der Waals surface area (Å²) in [5.41, 5.74) is 3.21. The van der Waals surface area contributed by atoms with Crippen molar-refractivity contribution < 1.29 is 8.42 Å². The van der Waals surface area contributed by atoms with E-state index >= 15 is 0 Å². The van der Waals surface area contributed by atoms with Crippen LogP contribution in [-0.4, -0.2) is 20.2 Å². The summed E-state index contributed by atoms with van der Waals surface area (Å²) in [5.74, 6) is 0. The molecular weight excluding hydrogens is 236 g/mol. The smallest absolute Gasteiger partial charge is 0.235 e. The molecule has 0 unspecified atom stereocenters. The summed E-state index contributed by atoms with van der Waals surface area (Å²) >= 11 is 0. The van der Waals surface area contributed by atoms with Crippen molar-refractivity contribution in [2.45, 2.75) is 31.1 Å². The van der Waals surface area contributed by atoms with Crippen LogP contribution in [0.4, 0.5) is 5.69 Å². The van der Waals surface area contributed by atoms with Crippen molar-refractivity contribution in [3.05, 3.63) is 29.3 Å². The fraction of sp³-hybridized carbons (Fsp3) is 0.500. The zero-order valence-corrected chi connectivity index (χ0v) is 10.4. The molecule has 0 aromatic heterocycles. The van der Waals surface area contributed by atoms with Crippen LogP contribution in [0.1, 0.15) is 24.0 Å². The Kier molecular flexibility index (Phi) is 2.60. The first-order valence-electron chi connectivity index (χ1n) is 5.99. The van der Waals surface area contributed by atoms with Crippen molar-refractivity contribution in [1.29, 1.82) is 0 Å². The number of sulfonamides is 1. The van der Waals surface area contributed by atoms with Crippen molar-refractivity contribution in [1.82, 2.24) is 5.32 Å². The third kappa shape index (κ3) is 2.30. The molecule has 1 aromatic rings. The highest BCUT2D eigenvalue weighted by Gasteiger charge is 2.35. The first-order valence-corrected chi connectivity index (χ1v) is 7.54. The lowest BCUT2D eigenvalue weighted by Crippen LogP contribution is -2.24. The lowest BCUT2D eigenvalue weighted by atomic mass is 10.0. The third-order valence-corrected chi connectivity index (χ3v) is 5.19. The molecule has 4 nitrogen and oxygen atoms in total. The van der Waals surface area contributed by atoms with Crippen LogP contribution in [0.2, 0.25) is 0 Å². The summed E-state index contributed by atoms with van der Waals surface area (Å²) in [6, 6.07) is 5.84. The molecule has 0 atom stereocenters. The predicted molar refractivity (Wildman–Crippen MR) is 67.4 cm³/mol. The van der Waals surface area contributed by atoms with Crippen LogP contribution in [0.3, 0.4) is 0 Å². The van der Waals surface area contributed by atoms with Gasteiger partial charge in [0.05, 0.1) is 5.25 Å². The SMILES string of the molecule is O=S(=O)(Nc1ccc2c(c1)CNCC2)C1CC1. The molecule has 2 N–H and O–H groups in total. The minimum atomic E-state index is -3.14. The Morgan fingerprint density at radius 1 is 1.24 bits per heavy atom. The second-order valence-corrected chi connectivity index (χ2v) is 6.72. The molecule has 1 heterocycles. The fourth-order valence-electron chi connectivity index (χ4n) is 2.17. The maximum Gasteiger partial charge on any atom is 0.235 e. The van der Waals surface area contributed by atoms with Crippen LogP contribution in [0.5, 0.6) is 0 Å². The molecule has 0 bridgehead atoms. The Balaban J connectivity index is 1.84. The van der Waals surface area contributed by atoms with E-state index in [-0.39, 0.29) is 5.25 Å². The van der Waals surface area contributed by atoms with Crippen LogP contribution in [0.15, 0.2) is 18.2 Å². The first-order chi connectivity index (χ1) is 8.15. The standard InChI is InChI=1S/C12H16N2O2S/c15-17(16,12-3-4-12)14-11-2-1-9-5-6-13-8-10(9)7-11/h1-2,7,12-14H,3-6,8H2. The van der Waals surface area contributed by atoms with E-state index in [1.54, 1.807) is 0 Å². The van der Waals surface area contributed by atoms with Gasteiger partial charge in [-0.3, -0.25) is 4.72 Å². The molecule has 0 radical (unpaired) electrons. The summed E-state index contributed by atoms with van der Waals surface area (Å²) in [6.45, 7) is 1.83. The number of fused-ring (bicyclic) bond motifs is 1. The molecule has 0 spiro atoms. The summed E-state index contributed by atoms with van der Waals surface area (Å²) in [4.78, 5) is 0. The van der Waals surface area contributed by atoms with Crippen molar-refractivity contribution in [2.75, 3.05) is 11.3 Å². The van der Waals surface area contributed by atoms with Gasteiger partial charge in [-0.05, 0) is 49.1 Å². The molecular formula is C12H16N2O2S. The fourth-order valence-corrected chi connectivity index (χ4v) is 3.55. The molecule has 2 aliphatic rings. The molecule has 1 aliphatic heterocycles. The molecule has 1 aliphatic carbocycles.